The van der Waals surface area contributed by atoms with Crippen LogP contribution in [-0.2, 0) is 0 Å². The van der Waals surface area contributed by atoms with Crippen molar-refractivity contribution in [3.63, 3.8) is 0 Å². The van der Waals surface area contributed by atoms with E-state index < -0.39 is 0 Å². The van der Waals surface area contributed by atoms with Crippen molar-refractivity contribution in [2.45, 2.75) is 37.9 Å². The molecule has 0 amide bonds. The van der Waals surface area contributed by atoms with Crippen molar-refractivity contribution >= 4 is 0 Å². The predicted molar refractivity (Wildman–Crippen MR) is 59.0 cm³/mol. The Morgan fingerprint density at radius 2 is 1.93 bits per heavy atom. The third-order valence-corrected chi connectivity index (χ3v) is 2.98. The van der Waals surface area contributed by atoms with Gasteiger partial charge in [-0.05, 0) is 25.3 Å². The SMILES string of the molecule is C[C@H]1CC[C@H](N)[C@@H](c2ccccc2)N1. The molecule has 0 aromatic heterocycles. The number of nitrogens with two attached hydrogens (primary N) is 1. The molecule has 1 aromatic carbocycles. The smallest absolute Gasteiger partial charge is 0.0475 e. The molecule has 0 spiro atoms. The van der Waals surface area contributed by atoms with E-state index in [0.29, 0.717) is 12.1 Å². The lowest BCUT2D eigenvalue weighted by molar-refractivity contribution is 0.301. The van der Waals surface area contributed by atoms with E-state index in [-0.39, 0.29) is 6.04 Å². The minimum Gasteiger partial charge on any atom is -0.326 e. The minimum absolute atomic E-state index is 0.258. The Balaban J connectivity index is 2.16. The molecular formula is C12H18N2. The molecule has 1 aromatic rings. The number of nitrogens with one attached hydrogen (secondary N) is 1. The van der Waals surface area contributed by atoms with Gasteiger partial charge in [-0.1, -0.05) is 30.3 Å². The third kappa shape index (κ3) is 1.97. The first-order valence-electron chi connectivity index (χ1n) is 5.34. The molecule has 1 saturated heterocycles. The van der Waals surface area contributed by atoms with Crippen LogP contribution in [0.2, 0.25) is 0 Å². The van der Waals surface area contributed by atoms with Crippen LogP contribution in [0.1, 0.15) is 31.4 Å². The Hall–Kier alpha value is -0.860. The van der Waals surface area contributed by atoms with Crippen LogP contribution < -0.4 is 11.1 Å². The van der Waals surface area contributed by atoms with Gasteiger partial charge in [0.15, 0.2) is 0 Å². The van der Waals surface area contributed by atoms with E-state index >= 15 is 0 Å². The Kier molecular flexibility index (Phi) is 2.85. The topological polar surface area (TPSA) is 38.0 Å². The second-order valence-corrected chi connectivity index (χ2v) is 4.20. The van der Waals surface area contributed by atoms with Crippen LogP contribution in [0.4, 0.5) is 0 Å². The molecule has 3 atom stereocenters. The van der Waals surface area contributed by atoms with Gasteiger partial charge in [0.05, 0.1) is 0 Å². The van der Waals surface area contributed by atoms with Crippen LogP contribution >= 0.6 is 0 Å². The summed E-state index contributed by atoms with van der Waals surface area (Å²) in [6.07, 6.45) is 2.30. The molecule has 0 unspecified atom stereocenters. The first-order chi connectivity index (χ1) is 6.77. The maximum Gasteiger partial charge on any atom is 0.0475 e. The van der Waals surface area contributed by atoms with Crippen LogP contribution in [0, 0.1) is 0 Å². The van der Waals surface area contributed by atoms with Crippen molar-refractivity contribution in [3.05, 3.63) is 35.9 Å². The van der Waals surface area contributed by atoms with E-state index in [1.54, 1.807) is 0 Å². The zero-order chi connectivity index (χ0) is 9.97. The van der Waals surface area contributed by atoms with Gasteiger partial charge in [0.2, 0.25) is 0 Å². The van der Waals surface area contributed by atoms with Crippen LogP contribution in [0.3, 0.4) is 0 Å². The number of piperidine rings is 1. The van der Waals surface area contributed by atoms with E-state index in [2.05, 4.69) is 36.5 Å². The van der Waals surface area contributed by atoms with E-state index in [4.69, 9.17) is 5.73 Å². The molecule has 1 heterocycles. The normalized spacial score (nSPS) is 32.9. The number of benzene rings is 1. The highest BCUT2D eigenvalue weighted by Gasteiger charge is 2.25. The second kappa shape index (κ2) is 4.11. The summed E-state index contributed by atoms with van der Waals surface area (Å²) < 4.78 is 0. The van der Waals surface area contributed by atoms with Crippen LogP contribution in [0.5, 0.6) is 0 Å². The highest BCUT2D eigenvalue weighted by Crippen LogP contribution is 2.24. The molecular weight excluding hydrogens is 172 g/mol. The summed E-state index contributed by atoms with van der Waals surface area (Å²) in [5.74, 6) is 0. The molecule has 0 saturated carbocycles. The fourth-order valence-corrected chi connectivity index (χ4v) is 2.13. The van der Waals surface area contributed by atoms with Gasteiger partial charge in [0, 0.05) is 18.1 Å². The van der Waals surface area contributed by atoms with E-state index in [1.807, 2.05) is 6.07 Å². The number of rotatable bonds is 1. The van der Waals surface area contributed by atoms with Crippen LogP contribution in [-0.4, -0.2) is 12.1 Å². The van der Waals surface area contributed by atoms with Gasteiger partial charge in [-0.3, -0.25) is 0 Å². The standard InChI is InChI=1S/C12H18N2/c1-9-7-8-11(13)12(14-9)10-5-3-2-4-6-10/h2-6,9,11-12,14H,7-8,13H2,1H3/t9-,11-,12+/m0/s1. The summed E-state index contributed by atoms with van der Waals surface area (Å²) in [6, 6.07) is 11.7. The van der Waals surface area contributed by atoms with Crippen LogP contribution in [0.15, 0.2) is 30.3 Å². The lowest BCUT2D eigenvalue weighted by Gasteiger charge is -2.34. The molecule has 2 heteroatoms. The Morgan fingerprint density at radius 1 is 1.21 bits per heavy atom. The molecule has 1 aliphatic heterocycles. The van der Waals surface area contributed by atoms with Crippen molar-refractivity contribution in [1.29, 1.82) is 0 Å². The minimum atomic E-state index is 0.258. The lowest BCUT2D eigenvalue weighted by Crippen LogP contribution is -2.46. The summed E-state index contributed by atoms with van der Waals surface area (Å²) in [4.78, 5) is 0. The highest BCUT2D eigenvalue weighted by molar-refractivity contribution is 5.21. The Labute approximate surface area is 85.5 Å². The van der Waals surface area contributed by atoms with Crippen molar-refractivity contribution in [3.8, 4) is 0 Å². The van der Waals surface area contributed by atoms with Gasteiger partial charge in [0.25, 0.3) is 0 Å². The molecule has 0 bridgehead atoms. The van der Waals surface area contributed by atoms with Gasteiger partial charge < -0.3 is 11.1 Å². The summed E-state index contributed by atoms with van der Waals surface area (Å²) in [6.45, 7) is 2.22. The average molecular weight is 190 g/mol. The van der Waals surface area contributed by atoms with Crippen LogP contribution in [0.25, 0.3) is 0 Å². The molecule has 0 radical (unpaired) electrons. The molecule has 1 fully saturated rings. The van der Waals surface area contributed by atoms with Gasteiger partial charge in [-0.15, -0.1) is 0 Å². The predicted octanol–water partition coefficient (Wildman–Crippen LogP) is 1.83. The molecule has 0 aliphatic carbocycles. The molecule has 3 N–H and O–H groups in total. The first kappa shape index (κ1) is 9.69. The molecule has 76 valence electrons. The molecule has 2 nitrogen and oxygen atoms in total. The number of hydrogen-bond acceptors (Lipinski definition) is 2. The maximum absolute atomic E-state index is 6.11. The molecule has 2 rings (SSSR count). The van der Waals surface area contributed by atoms with Gasteiger partial charge in [0.1, 0.15) is 0 Å². The second-order valence-electron chi connectivity index (χ2n) is 4.20. The van der Waals surface area contributed by atoms with Gasteiger partial charge in [-0.25, -0.2) is 0 Å². The zero-order valence-electron chi connectivity index (χ0n) is 8.61. The van der Waals surface area contributed by atoms with E-state index in [1.165, 1.54) is 12.0 Å². The first-order valence-corrected chi connectivity index (χ1v) is 5.34. The maximum atomic E-state index is 6.11. The Bertz CT molecular complexity index is 284. The lowest BCUT2D eigenvalue weighted by atomic mass is 9.90. The molecule has 14 heavy (non-hydrogen) atoms. The number of hydrogen-bond donors (Lipinski definition) is 2. The summed E-state index contributed by atoms with van der Waals surface area (Å²) >= 11 is 0. The van der Waals surface area contributed by atoms with Crippen molar-refractivity contribution < 1.29 is 0 Å². The van der Waals surface area contributed by atoms with Crippen molar-refractivity contribution in [1.82, 2.24) is 5.32 Å². The quantitative estimate of drug-likeness (QED) is 0.709. The summed E-state index contributed by atoms with van der Waals surface area (Å²) in [7, 11) is 0. The van der Waals surface area contributed by atoms with E-state index in [9.17, 15) is 0 Å². The van der Waals surface area contributed by atoms with Gasteiger partial charge in [-0.2, -0.15) is 0 Å². The largest absolute Gasteiger partial charge is 0.326 e. The summed E-state index contributed by atoms with van der Waals surface area (Å²) in [5, 5.41) is 3.56. The zero-order valence-corrected chi connectivity index (χ0v) is 8.61. The van der Waals surface area contributed by atoms with Gasteiger partial charge >= 0.3 is 0 Å². The molecule has 1 aliphatic rings. The van der Waals surface area contributed by atoms with Crippen molar-refractivity contribution in [2.24, 2.45) is 5.73 Å². The monoisotopic (exact) mass is 190 g/mol. The van der Waals surface area contributed by atoms with E-state index in [0.717, 1.165) is 6.42 Å². The summed E-state index contributed by atoms with van der Waals surface area (Å²) in [5.41, 5.74) is 7.42. The fraction of sp³-hybridized carbons (Fsp3) is 0.500. The van der Waals surface area contributed by atoms with Crippen molar-refractivity contribution in [2.75, 3.05) is 0 Å². The fourth-order valence-electron chi connectivity index (χ4n) is 2.13. The third-order valence-electron chi connectivity index (χ3n) is 2.98. The average Bonchev–Trinajstić information content (AvgIpc) is 2.23. The Morgan fingerprint density at radius 3 is 2.64 bits per heavy atom. The highest BCUT2D eigenvalue weighted by atomic mass is 15.0.